The molecule has 18 heavy (non-hydrogen) atoms. The summed E-state index contributed by atoms with van der Waals surface area (Å²) in [6.45, 7) is 7.32. The zero-order valence-corrected chi connectivity index (χ0v) is 11.0. The summed E-state index contributed by atoms with van der Waals surface area (Å²) in [5.74, 6) is 0. The van der Waals surface area contributed by atoms with Gasteiger partial charge in [-0.1, -0.05) is 5.57 Å². The highest BCUT2D eigenvalue weighted by Gasteiger charge is 2.00. The van der Waals surface area contributed by atoms with Gasteiger partial charge >= 0.3 is 0 Å². The van der Waals surface area contributed by atoms with Crippen LogP contribution in [-0.2, 0) is 0 Å². The van der Waals surface area contributed by atoms with Gasteiger partial charge < -0.3 is 0 Å². The lowest BCUT2D eigenvalue weighted by Gasteiger charge is -1.98. The van der Waals surface area contributed by atoms with Crippen molar-refractivity contribution < 1.29 is 4.92 Å². The maximum atomic E-state index is 10.5. The van der Waals surface area contributed by atoms with E-state index in [-0.39, 0.29) is 5.70 Å². The number of nitrogens with zero attached hydrogens (tertiary/aromatic N) is 3. The molecule has 0 saturated carbocycles. The number of nitro groups is 1. The van der Waals surface area contributed by atoms with Crippen LogP contribution in [0.15, 0.2) is 35.7 Å². The van der Waals surface area contributed by atoms with E-state index >= 15 is 0 Å². The lowest BCUT2D eigenvalue weighted by atomic mass is 10.3. The Hall–Kier alpha value is -2.17. The molecule has 0 aromatic carbocycles. The average Bonchev–Trinajstić information content (AvgIpc) is 2.72. The monoisotopic (exact) mass is 247 g/mol. The van der Waals surface area contributed by atoms with E-state index in [9.17, 15) is 10.1 Å². The van der Waals surface area contributed by atoms with Crippen LogP contribution in [0.5, 0.6) is 0 Å². The second-order valence-corrected chi connectivity index (χ2v) is 4.28. The summed E-state index contributed by atoms with van der Waals surface area (Å²) in [6.07, 6.45) is 6.95. The molecule has 0 saturated heterocycles. The molecule has 0 unspecified atom stereocenters. The van der Waals surface area contributed by atoms with Crippen molar-refractivity contribution in [3.05, 3.63) is 51.5 Å². The smallest absolute Gasteiger partial charge is 0.243 e. The van der Waals surface area contributed by atoms with Crippen molar-refractivity contribution in [1.29, 1.82) is 0 Å². The molecule has 5 nitrogen and oxygen atoms in total. The summed E-state index contributed by atoms with van der Waals surface area (Å²) in [7, 11) is 0. The van der Waals surface area contributed by atoms with Crippen LogP contribution >= 0.6 is 0 Å². The van der Waals surface area contributed by atoms with Crippen LogP contribution < -0.4 is 0 Å². The summed E-state index contributed by atoms with van der Waals surface area (Å²) in [5.41, 5.74) is 2.97. The van der Waals surface area contributed by atoms with Gasteiger partial charge in [-0.25, -0.2) is 4.68 Å². The van der Waals surface area contributed by atoms with Crippen molar-refractivity contribution in [3.8, 4) is 0 Å². The molecule has 0 atom stereocenters. The standard InChI is InChI=1S/C13H17N3O2/c1-10(2)9-13-7-8-15(14-13)11(3)5-6-12(4)16(17)18/h5-9H,1-4H3/b11-5+,12-6+. The first-order chi connectivity index (χ1) is 8.40. The first kappa shape index (κ1) is 13.9. The molecule has 96 valence electrons. The van der Waals surface area contributed by atoms with E-state index in [1.807, 2.05) is 39.1 Å². The molecule has 0 fully saturated rings. The molecule has 1 aromatic rings. The first-order valence-corrected chi connectivity index (χ1v) is 5.60. The Morgan fingerprint density at radius 2 is 2.00 bits per heavy atom. The van der Waals surface area contributed by atoms with E-state index in [0.717, 1.165) is 11.4 Å². The molecule has 0 radical (unpaired) electrons. The summed E-state index contributed by atoms with van der Waals surface area (Å²) < 4.78 is 1.69. The zero-order chi connectivity index (χ0) is 13.7. The lowest BCUT2D eigenvalue weighted by Crippen LogP contribution is -1.96. The predicted molar refractivity (Wildman–Crippen MR) is 72.3 cm³/mol. The van der Waals surface area contributed by atoms with Gasteiger partial charge in [-0.3, -0.25) is 10.1 Å². The molecule has 1 rings (SSSR count). The highest BCUT2D eigenvalue weighted by molar-refractivity contribution is 5.50. The number of hydrogen-bond donors (Lipinski definition) is 0. The van der Waals surface area contributed by atoms with Crippen LogP contribution in [-0.4, -0.2) is 14.7 Å². The molecule has 5 heteroatoms. The van der Waals surface area contributed by atoms with Crippen molar-refractivity contribution in [1.82, 2.24) is 9.78 Å². The van der Waals surface area contributed by atoms with E-state index in [1.165, 1.54) is 18.6 Å². The Labute approximate surface area is 106 Å². The summed E-state index contributed by atoms with van der Waals surface area (Å²) in [6, 6.07) is 1.90. The molecule has 0 bridgehead atoms. The van der Waals surface area contributed by atoms with Gasteiger partial charge in [0, 0.05) is 24.9 Å². The van der Waals surface area contributed by atoms with Gasteiger partial charge in [0.25, 0.3) is 0 Å². The number of aromatic nitrogens is 2. The van der Waals surface area contributed by atoms with Crippen molar-refractivity contribution in [2.45, 2.75) is 27.7 Å². The fourth-order valence-electron chi connectivity index (χ4n) is 1.29. The van der Waals surface area contributed by atoms with Crippen LogP contribution in [0.3, 0.4) is 0 Å². The van der Waals surface area contributed by atoms with Gasteiger partial charge in [0.1, 0.15) is 0 Å². The fourth-order valence-corrected chi connectivity index (χ4v) is 1.29. The first-order valence-electron chi connectivity index (χ1n) is 5.60. The third-order valence-electron chi connectivity index (χ3n) is 2.26. The topological polar surface area (TPSA) is 61.0 Å². The SMILES string of the molecule is CC(C)=Cc1ccn(/C(C)=C/C=C(\C)[N+](=O)[O-])n1. The van der Waals surface area contributed by atoms with Crippen molar-refractivity contribution >= 4 is 11.8 Å². The second-order valence-electron chi connectivity index (χ2n) is 4.28. The Kier molecular flexibility index (Phi) is 4.59. The normalized spacial score (nSPS) is 12.4. The maximum Gasteiger partial charge on any atom is 0.243 e. The van der Waals surface area contributed by atoms with Crippen LogP contribution in [0, 0.1) is 10.1 Å². The molecule has 0 amide bonds. The molecule has 0 aliphatic heterocycles. The Balaban J connectivity index is 2.91. The molecule has 1 heterocycles. The van der Waals surface area contributed by atoms with Crippen LogP contribution in [0.2, 0.25) is 0 Å². The van der Waals surface area contributed by atoms with E-state index in [1.54, 1.807) is 10.8 Å². The highest BCUT2D eigenvalue weighted by atomic mass is 16.6. The summed E-state index contributed by atoms with van der Waals surface area (Å²) in [5, 5.41) is 14.8. The third kappa shape index (κ3) is 4.01. The second kappa shape index (κ2) is 5.95. The quantitative estimate of drug-likeness (QED) is 0.465. The molecule has 0 aliphatic rings. The zero-order valence-electron chi connectivity index (χ0n) is 11.0. The summed E-state index contributed by atoms with van der Waals surface area (Å²) >= 11 is 0. The van der Waals surface area contributed by atoms with Crippen molar-refractivity contribution in [2.24, 2.45) is 0 Å². The molecule has 0 spiro atoms. The minimum absolute atomic E-state index is 0.103. The van der Waals surface area contributed by atoms with Gasteiger partial charge in [0.05, 0.1) is 10.6 Å². The maximum absolute atomic E-state index is 10.5. The lowest BCUT2D eigenvalue weighted by molar-refractivity contribution is -0.424. The highest BCUT2D eigenvalue weighted by Crippen LogP contribution is 2.08. The Morgan fingerprint density at radius 3 is 2.56 bits per heavy atom. The van der Waals surface area contributed by atoms with Gasteiger partial charge in [0.2, 0.25) is 5.70 Å². The van der Waals surface area contributed by atoms with E-state index in [4.69, 9.17) is 0 Å². The van der Waals surface area contributed by atoms with Crippen molar-refractivity contribution in [2.75, 3.05) is 0 Å². The molecule has 1 aromatic heterocycles. The number of hydrogen-bond acceptors (Lipinski definition) is 3. The van der Waals surface area contributed by atoms with Crippen LogP contribution in [0.4, 0.5) is 0 Å². The molecular weight excluding hydrogens is 230 g/mol. The van der Waals surface area contributed by atoms with E-state index in [0.29, 0.717) is 0 Å². The van der Waals surface area contributed by atoms with Crippen LogP contribution in [0.25, 0.3) is 11.8 Å². The number of rotatable bonds is 4. The van der Waals surface area contributed by atoms with Gasteiger partial charge in [-0.05, 0) is 39.0 Å². The third-order valence-corrected chi connectivity index (χ3v) is 2.26. The van der Waals surface area contributed by atoms with Crippen LogP contribution in [0.1, 0.15) is 33.4 Å². The Bertz CT molecular complexity index is 532. The van der Waals surface area contributed by atoms with Gasteiger partial charge in [0.15, 0.2) is 0 Å². The van der Waals surface area contributed by atoms with E-state index in [2.05, 4.69) is 5.10 Å². The van der Waals surface area contributed by atoms with Gasteiger partial charge in [-0.15, -0.1) is 0 Å². The van der Waals surface area contributed by atoms with Crippen molar-refractivity contribution in [3.63, 3.8) is 0 Å². The minimum Gasteiger partial charge on any atom is -0.259 e. The largest absolute Gasteiger partial charge is 0.259 e. The Morgan fingerprint density at radius 1 is 1.33 bits per heavy atom. The number of allylic oxidation sites excluding steroid dienone is 5. The molecule has 0 N–H and O–H groups in total. The summed E-state index contributed by atoms with van der Waals surface area (Å²) in [4.78, 5) is 10.0. The molecular formula is C13H17N3O2. The van der Waals surface area contributed by atoms with E-state index < -0.39 is 4.92 Å². The minimum atomic E-state index is -0.415. The average molecular weight is 247 g/mol. The fraction of sp³-hybridized carbons (Fsp3) is 0.308. The predicted octanol–water partition coefficient (Wildman–Crippen LogP) is 3.35. The molecule has 0 aliphatic carbocycles. The van der Waals surface area contributed by atoms with Gasteiger partial charge in [-0.2, -0.15) is 5.10 Å².